The standard InChI is InChI=1S/C19H14ClNO3S/c1-12-2-4-13(5-3-12)10-17-18(23)21(19(24)25-17)11-16(22)14-6-8-15(20)9-7-14/h2-10H,11H2,1H3. The summed E-state index contributed by atoms with van der Waals surface area (Å²) in [6.45, 7) is 1.69. The Balaban J connectivity index is 1.76. The number of hydrogen-bond acceptors (Lipinski definition) is 4. The molecule has 3 rings (SSSR count). The first-order chi connectivity index (χ1) is 11.9. The van der Waals surface area contributed by atoms with Gasteiger partial charge in [0, 0.05) is 10.6 Å². The van der Waals surface area contributed by atoms with E-state index in [1.54, 1.807) is 30.3 Å². The summed E-state index contributed by atoms with van der Waals surface area (Å²) in [4.78, 5) is 38.1. The Bertz CT molecular complexity index is 873. The van der Waals surface area contributed by atoms with Crippen molar-refractivity contribution >= 4 is 46.4 Å². The quantitative estimate of drug-likeness (QED) is 0.583. The monoisotopic (exact) mass is 371 g/mol. The molecular weight excluding hydrogens is 358 g/mol. The van der Waals surface area contributed by atoms with Crippen molar-refractivity contribution in [3.63, 3.8) is 0 Å². The molecule has 0 unspecified atom stereocenters. The predicted octanol–water partition coefficient (Wildman–Crippen LogP) is 4.57. The molecule has 1 saturated heterocycles. The fourth-order valence-electron chi connectivity index (χ4n) is 2.32. The Morgan fingerprint density at radius 2 is 1.72 bits per heavy atom. The Kier molecular flexibility index (Phi) is 5.06. The first-order valence-corrected chi connectivity index (χ1v) is 8.74. The van der Waals surface area contributed by atoms with Crippen molar-refractivity contribution in [2.24, 2.45) is 0 Å². The van der Waals surface area contributed by atoms with Gasteiger partial charge >= 0.3 is 0 Å². The third-order valence-electron chi connectivity index (χ3n) is 3.72. The maximum absolute atomic E-state index is 12.5. The fourth-order valence-corrected chi connectivity index (χ4v) is 3.29. The first-order valence-electron chi connectivity index (χ1n) is 7.55. The van der Waals surface area contributed by atoms with Crippen molar-refractivity contribution in [2.45, 2.75) is 6.92 Å². The minimum atomic E-state index is -0.446. The van der Waals surface area contributed by atoms with Gasteiger partial charge in [-0.05, 0) is 54.6 Å². The van der Waals surface area contributed by atoms with Crippen molar-refractivity contribution in [1.82, 2.24) is 4.90 Å². The molecule has 1 heterocycles. The zero-order chi connectivity index (χ0) is 18.0. The van der Waals surface area contributed by atoms with Crippen LogP contribution in [0, 0.1) is 6.92 Å². The summed E-state index contributed by atoms with van der Waals surface area (Å²) in [5.74, 6) is -0.756. The SMILES string of the molecule is Cc1ccc(C=C2SC(=O)N(CC(=O)c3ccc(Cl)cc3)C2=O)cc1. The van der Waals surface area contributed by atoms with E-state index >= 15 is 0 Å². The van der Waals surface area contributed by atoms with E-state index in [4.69, 9.17) is 11.6 Å². The molecule has 0 aliphatic carbocycles. The molecule has 1 fully saturated rings. The second kappa shape index (κ2) is 7.25. The highest BCUT2D eigenvalue weighted by Gasteiger charge is 2.36. The number of aryl methyl sites for hydroxylation is 1. The molecule has 2 aromatic rings. The third kappa shape index (κ3) is 4.00. The van der Waals surface area contributed by atoms with Crippen LogP contribution in [0.25, 0.3) is 6.08 Å². The summed E-state index contributed by atoms with van der Waals surface area (Å²) >= 11 is 6.64. The summed E-state index contributed by atoms with van der Waals surface area (Å²) in [6, 6.07) is 14.0. The van der Waals surface area contributed by atoms with Gasteiger partial charge in [0.15, 0.2) is 5.78 Å². The van der Waals surface area contributed by atoms with Gasteiger partial charge in [0.05, 0.1) is 11.4 Å². The molecule has 2 amide bonds. The van der Waals surface area contributed by atoms with Gasteiger partial charge in [-0.25, -0.2) is 0 Å². The fraction of sp³-hybridized carbons (Fsp3) is 0.105. The number of halogens is 1. The Morgan fingerprint density at radius 1 is 1.08 bits per heavy atom. The number of rotatable bonds is 4. The minimum Gasteiger partial charge on any atom is -0.292 e. The lowest BCUT2D eigenvalue weighted by Gasteiger charge is -2.11. The van der Waals surface area contributed by atoms with E-state index in [9.17, 15) is 14.4 Å². The predicted molar refractivity (Wildman–Crippen MR) is 99.6 cm³/mol. The largest absolute Gasteiger partial charge is 0.293 e. The number of thioether (sulfide) groups is 1. The topological polar surface area (TPSA) is 54.5 Å². The molecule has 4 nitrogen and oxygen atoms in total. The van der Waals surface area contributed by atoms with E-state index in [0.717, 1.165) is 27.8 Å². The Labute approximate surface area is 154 Å². The maximum atomic E-state index is 12.5. The number of hydrogen-bond donors (Lipinski definition) is 0. The number of Topliss-reactive ketones (excluding diaryl/α,β-unsaturated/α-hetero) is 1. The van der Waals surface area contributed by atoms with Crippen LogP contribution < -0.4 is 0 Å². The average molecular weight is 372 g/mol. The van der Waals surface area contributed by atoms with Crippen LogP contribution in [0.5, 0.6) is 0 Å². The molecule has 2 aromatic carbocycles. The molecule has 0 spiro atoms. The van der Waals surface area contributed by atoms with Crippen molar-refractivity contribution in [3.05, 3.63) is 75.1 Å². The highest BCUT2D eigenvalue weighted by Crippen LogP contribution is 2.32. The maximum Gasteiger partial charge on any atom is 0.293 e. The lowest BCUT2D eigenvalue weighted by Crippen LogP contribution is -2.33. The number of carbonyl (C=O) groups is 3. The van der Waals surface area contributed by atoms with E-state index in [0.29, 0.717) is 15.5 Å². The molecule has 6 heteroatoms. The van der Waals surface area contributed by atoms with E-state index in [-0.39, 0.29) is 12.3 Å². The number of imide groups is 1. The van der Waals surface area contributed by atoms with Crippen molar-refractivity contribution in [1.29, 1.82) is 0 Å². The zero-order valence-electron chi connectivity index (χ0n) is 13.4. The van der Waals surface area contributed by atoms with Gasteiger partial charge in [-0.2, -0.15) is 0 Å². The lowest BCUT2D eigenvalue weighted by molar-refractivity contribution is -0.122. The van der Waals surface area contributed by atoms with Crippen LogP contribution in [0.3, 0.4) is 0 Å². The summed E-state index contributed by atoms with van der Waals surface area (Å²) in [5.41, 5.74) is 2.35. The second-order valence-electron chi connectivity index (χ2n) is 5.61. The third-order valence-corrected chi connectivity index (χ3v) is 4.88. The van der Waals surface area contributed by atoms with Gasteiger partial charge in [-0.15, -0.1) is 0 Å². The summed E-state index contributed by atoms with van der Waals surface area (Å²) in [6.07, 6.45) is 1.66. The van der Waals surface area contributed by atoms with Crippen molar-refractivity contribution in [3.8, 4) is 0 Å². The Hall–Kier alpha value is -2.37. The van der Waals surface area contributed by atoms with Crippen molar-refractivity contribution < 1.29 is 14.4 Å². The van der Waals surface area contributed by atoms with Gasteiger partial charge in [0.2, 0.25) is 0 Å². The normalized spacial score (nSPS) is 15.9. The van der Waals surface area contributed by atoms with E-state index < -0.39 is 11.1 Å². The van der Waals surface area contributed by atoms with Gasteiger partial charge in [0.25, 0.3) is 11.1 Å². The molecule has 0 saturated carbocycles. The molecular formula is C19H14ClNO3S. The van der Waals surface area contributed by atoms with E-state index in [1.807, 2.05) is 31.2 Å². The minimum absolute atomic E-state index is 0.280. The van der Waals surface area contributed by atoms with Crippen LogP contribution in [-0.4, -0.2) is 28.4 Å². The van der Waals surface area contributed by atoms with Gasteiger partial charge in [0.1, 0.15) is 0 Å². The highest BCUT2D eigenvalue weighted by atomic mass is 35.5. The second-order valence-corrected chi connectivity index (χ2v) is 7.04. The number of carbonyl (C=O) groups excluding carboxylic acids is 3. The molecule has 0 aromatic heterocycles. The van der Waals surface area contributed by atoms with Crippen LogP contribution in [0.1, 0.15) is 21.5 Å². The van der Waals surface area contributed by atoms with Crippen LogP contribution in [0.2, 0.25) is 5.02 Å². The van der Waals surface area contributed by atoms with Gasteiger partial charge < -0.3 is 0 Å². The molecule has 1 aliphatic rings. The number of nitrogens with zero attached hydrogens (tertiary/aromatic N) is 1. The van der Waals surface area contributed by atoms with E-state index in [2.05, 4.69) is 0 Å². The smallest absolute Gasteiger partial charge is 0.292 e. The molecule has 25 heavy (non-hydrogen) atoms. The summed E-state index contributed by atoms with van der Waals surface area (Å²) in [7, 11) is 0. The molecule has 126 valence electrons. The first kappa shape index (κ1) is 17.5. The highest BCUT2D eigenvalue weighted by molar-refractivity contribution is 8.18. The molecule has 1 aliphatic heterocycles. The van der Waals surface area contributed by atoms with Crippen LogP contribution >= 0.6 is 23.4 Å². The van der Waals surface area contributed by atoms with Crippen LogP contribution in [0.4, 0.5) is 4.79 Å². The molecule has 0 N–H and O–H groups in total. The lowest BCUT2D eigenvalue weighted by atomic mass is 10.1. The number of ketones is 1. The van der Waals surface area contributed by atoms with Gasteiger partial charge in [-0.1, -0.05) is 41.4 Å². The summed E-state index contributed by atoms with van der Waals surface area (Å²) < 4.78 is 0. The Morgan fingerprint density at radius 3 is 2.36 bits per heavy atom. The van der Waals surface area contributed by atoms with E-state index in [1.165, 1.54) is 0 Å². The number of benzene rings is 2. The van der Waals surface area contributed by atoms with Crippen LogP contribution in [-0.2, 0) is 4.79 Å². The molecule has 0 radical (unpaired) electrons. The van der Waals surface area contributed by atoms with Gasteiger partial charge in [-0.3, -0.25) is 19.3 Å². The summed E-state index contributed by atoms with van der Waals surface area (Å²) in [5, 5.41) is 0.0782. The average Bonchev–Trinajstić information content (AvgIpc) is 2.85. The number of amides is 2. The van der Waals surface area contributed by atoms with Crippen LogP contribution in [0.15, 0.2) is 53.4 Å². The molecule has 0 bridgehead atoms. The van der Waals surface area contributed by atoms with Crippen molar-refractivity contribution in [2.75, 3.05) is 6.54 Å². The molecule has 0 atom stereocenters. The zero-order valence-corrected chi connectivity index (χ0v) is 14.9.